The molecule has 1 atom stereocenters. The molecule has 6 heteroatoms. The minimum absolute atomic E-state index is 0.203. The molecule has 0 saturated heterocycles. The highest BCUT2D eigenvalue weighted by Crippen LogP contribution is 2.18. The quantitative estimate of drug-likeness (QED) is 0.894. The molecular formula is C10H9F2N3S. The Bertz CT molecular complexity index is 473. The summed E-state index contributed by atoms with van der Waals surface area (Å²) in [4.78, 5) is 0. The van der Waals surface area contributed by atoms with Crippen molar-refractivity contribution in [1.29, 1.82) is 0 Å². The van der Waals surface area contributed by atoms with Crippen molar-refractivity contribution in [3.05, 3.63) is 46.5 Å². The molecule has 0 aliphatic heterocycles. The zero-order chi connectivity index (χ0) is 11.5. The molecule has 0 spiro atoms. The van der Waals surface area contributed by atoms with Crippen molar-refractivity contribution in [1.82, 2.24) is 9.59 Å². The Morgan fingerprint density at radius 3 is 2.88 bits per heavy atom. The van der Waals surface area contributed by atoms with Gasteiger partial charge in [-0.25, -0.2) is 8.78 Å². The van der Waals surface area contributed by atoms with E-state index in [-0.39, 0.29) is 12.0 Å². The van der Waals surface area contributed by atoms with Gasteiger partial charge in [0.25, 0.3) is 0 Å². The summed E-state index contributed by atoms with van der Waals surface area (Å²) in [6.45, 7) is 0. The van der Waals surface area contributed by atoms with Crippen molar-refractivity contribution >= 4 is 11.5 Å². The first-order valence-electron chi connectivity index (χ1n) is 4.63. The Labute approximate surface area is 95.1 Å². The second kappa shape index (κ2) is 4.63. The Balaban J connectivity index is 2.17. The van der Waals surface area contributed by atoms with Crippen molar-refractivity contribution in [3.63, 3.8) is 0 Å². The Kier molecular flexibility index (Phi) is 3.21. The van der Waals surface area contributed by atoms with Crippen LogP contribution in [0.2, 0.25) is 0 Å². The summed E-state index contributed by atoms with van der Waals surface area (Å²) >= 11 is 1.18. The molecule has 0 amide bonds. The lowest BCUT2D eigenvalue weighted by Gasteiger charge is -2.09. The van der Waals surface area contributed by atoms with Gasteiger partial charge in [0, 0.05) is 5.38 Å². The summed E-state index contributed by atoms with van der Waals surface area (Å²) in [5.74, 6) is -0.931. The topological polar surface area (TPSA) is 51.8 Å². The number of nitrogens with two attached hydrogens (primary N) is 1. The van der Waals surface area contributed by atoms with Gasteiger partial charge in [-0.3, -0.25) is 0 Å². The average Bonchev–Trinajstić information content (AvgIpc) is 2.76. The molecule has 3 nitrogen and oxygen atoms in total. The lowest BCUT2D eigenvalue weighted by molar-refractivity contribution is 0.570. The van der Waals surface area contributed by atoms with Crippen LogP contribution >= 0.6 is 11.5 Å². The zero-order valence-electron chi connectivity index (χ0n) is 8.23. The number of rotatable bonds is 3. The van der Waals surface area contributed by atoms with Crippen LogP contribution < -0.4 is 5.73 Å². The fraction of sp³-hybridized carbons (Fsp3) is 0.200. The van der Waals surface area contributed by atoms with Crippen LogP contribution in [-0.2, 0) is 6.42 Å². The number of benzene rings is 1. The average molecular weight is 241 g/mol. The second-order valence-corrected chi connectivity index (χ2v) is 3.99. The largest absolute Gasteiger partial charge is 0.322 e. The second-order valence-electron chi connectivity index (χ2n) is 3.38. The van der Waals surface area contributed by atoms with E-state index in [4.69, 9.17) is 5.73 Å². The van der Waals surface area contributed by atoms with Gasteiger partial charge >= 0.3 is 0 Å². The van der Waals surface area contributed by atoms with Crippen LogP contribution in [0.1, 0.15) is 17.3 Å². The van der Waals surface area contributed by atoms with E-state index >= 15 is 0 Å². The van der Waals surface area contributed by atoms with Crippen molar-refractivity contribution in [3.8, 4) is 0 Å². The molecule has 2 N–H and O–H groups in total. The van der Waals surface area contributed by atoms with E-state index in [1.54, 1.807) is 5.38 Å². The third-order valence-corrected chi connectivity index (χ3v) is 2.73. The maximum Gasteiger partial charge on any atom is 0.126 e. The van der Waals surface area contributed by atoms with E-state index in [1.165, 1.54) is 11.5 Å². The molecule has 1 heterocycles. The van der Waals surface area contributed by atoms with Crippen LogP contribution in [-0.4, -0.2) is 9.59 Å². The number of halogens is 2. The molecule has 0 fully saturated rings. The highest BCUT2D eigenvalue weighted by Gasteiger charge is 2.13. The first-order valence-corrected chi connectivity index (χ1v) is 5.47. The van der Waals surface area contributed by atoms with Crippen LogP contribution in [0.3, 0.4) is 0 Å². The summed E-state index contributed by atoms with van der Waals surface area (Å²) in [6.07, 6.45) is 0.203. The van der Waals surface area contributed by atoms with Gasteiger partial charge in [0.1, 0.15) is 11.6 Å². The monoisotopic (exact) mass is 241 g/mol. The van der Waals surface area contributed by atoms with E-state index in [0.717, 1.165) is 18.2 Å². The standard InChI is InChI=1S/C10H9F2N3S/c11-7-1-2-8(12)6(3-7)4-9(13)10-5-16-15-14-10/h1-3,5,9H,4,13H2. The van der Waals surface area contributed by atoms with Crippen molar-refractivity contribution in [2.24, 2.45) is 5.73 Å². The molecule has 1 aromatic heterocycles. The van der Waals surface area contributed by atoms with Crippen molar-refractivity contribution in [2.75, 3.05) is 0 Å². The Hall–Kier alpha value is -1.40. The van der Waals surface area contributed by atoms with Gasteiger partial charge in [-0.2, -0.15) is 0 Å². The molecule has 0 aliphatic carbocycles. The van der Waals surface area contributed by atoms with Gasteiger partial charge in [-0.05, 0) is 41.7 Å². The first-order chi connectivity index (χ1) is 7.66. The van der Waals surface area contributed by atoms with E-state index in [2.05, 4.69) is 9.59 Å². The predicted octanol–water partition coefficient (Wildman–Crippen LogP) is 2.06. The highest BCUT2D eigenvalue weighted by molar-refractivity contribution is 7.03. The maximum atomic E-state index is 13.3. The SMILES string of the molecule is NC(Cc1cc(F)ccc1F)c1csnn1. The lowest BCUT2D eigenvalue weighted by atomic mass is 10.0. The fourth-order valence-corrected chi connectivity index (χ4v) is 1.89. The molecular weight excluding hydrogens is 232 g/mol. The van der Waals surface area contributed by atoms with E-state index in [9.17, 15) is 8.78 Å². The summed E-state index contributed by atoms with van der Waals surface area (Å²) in [7, 11) is 0. The molecule has 0 bridgehead atoms. The number of hydrogen-bond acceptors (Lipinski definition) is 4. The molecule has 16 heavy (non-hydrogen) atoms. The Morgan fingerprint density at radius 2 is 2.19 bits per heavy atom. The van der Waals surface area contributed by atoms with E-state index in [0.29, 0.717) is 5.69 Å². The van der Waals surface area contributed by atoms with Gasteiger partial charge in [0.15, 0.2) is 0 Å². The number of hydrogen-bond donors (Lipinski definition) is 1. The van der Waals surface area contributed by atoms with Crippen molar-refractivity contribution < 1.29 is 8.78 Å². The van der Waals surface area contributed by atoms with Gasteiger partial charge in [0.05, 0.1) is 11.7 Å². The summed E-state index contributed by atoms with van der Waals surface area (Å²) in [5, 5.41) is 5.49. The minimum atomic E-state index is -0.472. The van der Waals surface area contributed by atoms with Gasteiger partial charge in [-0.15, -0.1) is 5.10 Å². The summed E-state index contributed by atoms with van der Waals surface area (Å²) in [6, 6.07) is 2.86. The van der Waals surface area contributed by atoms with Gasteiger partial charge < -0.3 is 5.73 Å². The molecule has 0 radical (unpaired) electrons. The summed E-state index contributed by atoms with van der Waals surface area (Å²) in [5.41, 5.74) is 6.65. The lowest BCUT2D eigenvalue weighted by Crippen LogP contribution is -2.14. The first kappa shape index (κ1) is 11.1. The van der Waals surface area contributed by atoms with Gasteiger partial charge in [-0.1, -0.05) is 4.49 Å². The zero-order valence-corrected chi connectivity index (χ0v) is 9.05. The maximum absolute atomic E-state index is 13.3. The molecule has 1 aromatic carbocycles. The number of aromatic nitrogens is 2. The fourth-order valence-electron chi connectivity index (χ4n) is 1.37. The van der Waals surface area contributed by atoms with Crippen molar-refractivity contribution in [2.45, 2.75) is 12.5 Å². The number of nitrogens with zero attached hydrogens (tertiary/aromatic N) is 2. The highest BCUT2D eigenvalue weighted by atomic mass is 32.1. The third kappa shape index (κ3) is 2.40. The molecule has 2 aromatic rings. The molecule has 2 rings (SSSR count). The minimum Gasteiger partial charge on any atom is -0.322 e. The van der Waals surface area contributed by atoms with Crippen LogP contribution in [0.5, 0.6) is 0 Å². The summed E-state index contributed by atoms with van der Waals surface area (Å²) < 4.78 is 29.9. The molecule has 1 unspecified atom stereocenters. The predicted molar refractivity (Wildman–Crippen MR) is 56.9 cm³/mol. The molecule has 84 valence electrons. The van der Waals surface area contributed by atoms with Crippen LogP contribution in [0.15, 0.2) is 23.6 Å². The molecule has 0 saturated carbocycles. The van der Waals surface area contributed by atoms with Crippen LogP contribution in [0.4, 0.5) is 8.78 Å². The van der Waals surface area contributed by atoms with E-state index in [1.807, 2.05) is 0 Å². The smallest absolute Gasteiger partial charge is 0.126 e. The molecule has 0 aliphatic rings. The van der Waals surface area contributed by atoms with Gasteiger partial charge in [0.2, 0.25) is 0 Å². The van der Waals surface area contributed by atoms with E-state index < -0.39 is 17.7 Å². The Morgan fingerprint density at radius 1 is 1.38 bits per heavy atom. The van der Waals surface area contributed by atoms with Crippen LogP contribution in [0.25, 0.3) is 0 Å². The normalized spacial score (nSPS) is 12.7. The third-order valence-electron chi connectivity index (χ3n) is 2.20. The van der Waals surface area contributed by atoms with Crippen LogP contribution in [0, 0.1) is 11.6 Å².